The van der Waals surface area contributed by atoms with Crippen molar-refractivity contribution < 1.29 is 0 Å². The molecule has 0 unspecified atom stereocenters. The molecule has 0 heterocycles. The Bertz CT molecular complexity index is 719. The van der Waals surface area contributed by atoms with E-state index in [0.717, 1.165) is 22.8 Å². The lowest BCUT2D eigenvalue weighted by molar-refractivity contribution is 1.10. The summed E-state index contributed by atoms with van der Waals surface area (Å²) in [6.45, 7) is 2.18. The largest absolute Gasteiger partial charge is 0.369 e. The Labute approximate surface area is 157 Å². The molecule has 2 aromatic carbocycles. The highest BCUT2D eigenvalue weighted by Crippen LogP contribution is 2.30. The Morgan fingerprint density at radius 3 is 2.71 bits per heavy atom. The van der Waals surface area contributed by atoms with Crippen molar-refractivity contribution in [1.29, 1.82) is 0 Å². The van der Waals surface area contributed by atoms with E-state index in [1.807, 2.05) is 60.3 Å². The van der Waals surface area contributed by atoms with E-state index in [4.69, 9.17) is 17.3 Å². The fourth-order valence-corrected chi connectivity index (χ4v) is 3.45. The summed E-state index contributed by atoms with van der Waals surface area (Å²) in [5.74, 6) is 1.51. The van der Waals surface area contributed by atoms with Gasteiger partial charge in [0.1, 0.15) is 0 Å². The molecular weight excluding hydrogens is 357 g/mol. The molecular formula is C18H22ClN3S2. The summed E-state index contributed by atoms with van der Waals surface area (Å²) < 4.78 is 0. The summed E-state index contributed by atoms with van der Waals surface area (Å²) >= 11 is 9.73. The number of guanidine groups is 1. The van der Waals surface area contributed by atoms with Crippen molar-refractivity contribution in [3.05, 3.63) is 47.5 Å². The second-order valence-corrected chi connectivity index (χ2v) is 7.65. The average molecular weight is 379 g/mol. The molecule has 6 heteroatoms. The highest BCUT2D eigenvalue weighted by Gasteiger charge is 2.08. The van der Waals surface area contributed by atoms with Crippen LogP contribution in [0.25, 0.3) is 0 Å². The molecule has 3 nitrogen and oxygen atoms in total. The first kappa shape index (κ1) is 19.0. The van der Waals surface area contributed by atoms with Gasteiger partial charge in [0.05, 0.1) is 10.7 Å². The fraction of sp³-hybridized carbons (Fsp3) is 0.278. The smallest absolute Gasteiger partial charge is 0.200 e. The topological polar surface area (TPSA) is 41.6 Å². The molecule has 0 fully saturated rings. The van der Waals surface area contributed by atoms with Crippen molar-refractivity contribution >= 4 is 52.5 Å². The minimum Gasteiger partial charge on any atom is -0.369 e. The SMILES string of the molecule is CSc1ccc(Cl)c(N=C(N)N(C)c2cccc(SCC[11CH3])c2)c1. The summed E-state index contributed by atoms with van der Waals surface area (Å²) in [5.41, 5.74) is 7.89. The first-order chi connectivity index (χ1) is 11.5. The maximum atomic E-state index is 6.24. The van der Waals surface area contributed by atoms with Gasteiger partial charge in [-0.3, -0.25) is 0 Å². The van der Waals surface area contributed by atoms with Crippen LogP contribution in [0.2, 0.25) is 5.02 Å². The number of halogens is 1. The van der Waals surface area contributed by atoms with E-state index in [9.17, 15) is 0 Å². The highest BCUT2D eigenvalue weighted by atomic mass is 35.5. The second-order valence-electron chi connectivity index (χ2n) is 5.19. The van der Waals surface area contributed by atoms with Gasteiger partial charge in [-0.05, 0) is 54.8 Å². The monoisotopic (exact) mass is 378 g/mol. The van der Waals surface area contributed by atoms with Gasteiger partial charge in [-0.25, -0.2) is 4.99 Å². The third-order valence-electron chi connectivity index (χ3n) is 3.41. The molecule has 0 amide bonds. The van der Waals surface area contributed by atoms with Crippen LogP contribution in [0.1, 0.15) is 13.3 Å². The number of hydrogen-bond donors (Lipinski definition) is 1. The zero-order valence-corrected chi connectivity index (χ0v) is 16.5. The van der Waals surface area contributed by atoms with Gasteiger partial charge in [0.2, 0.25) is 5.96 Å². The van der Waals surface area contributed by atoms with E-state index in [1.54, 1.807) is 11.8 Å². The molecule has 0 spiro atoms. The number of benzene rings is 2. The van der Waals surface area contributed by atoms with Gasteiger partial charge in [0.15, 0.2) is 0 Å². The molecule has 0 aliphatic carbocycles. The van der Waals surface area contributed by atoms with E-state index >= 15 is 0 Å². The number of nitrogens with two attached hydrogens (primary N) is 1. The Morgan fingerprint density at radius 1 is 1.21 bits per heavy atom. The molecule has 0 saturated heterocycles. The Morgan fingerprint density at radius 2 is 2.00 bits per heavy atom. The van der Waals surface area contributed by atoms with Gasteiger partial charge < -0.3 is 10.6 Å². The molecule has 0 bridgehead atoms. The van der Waals surface area contributed by atoms with Gasteiger partial charge >= 0.3 is 0 Å². The number of hydrogen-bond acceptors (Lipinski definition) is 3. The summed E-state index contributed by atoms with van der Waals surface area (Å²) in [7, 11) is 1.91. The minimum absolute atomic E-state index is 0.410. The molecule has 2 rings (SSSR count). The van der Waals surface area contributed by atoms with Crippen molar-refractivity contribution in [3.8, 4) is 0 Å². The van der Waals surface area contributed by atoms with E-state index in [0.29, 0.717) is 16.7 Å². The normalized spacial score (nSPS) is 11.6. The van der Waals surface area contributed by atoms with Gasteiger partial charge in [0.25, 0.3) is 0 Å². The van der Waals surface area contributed by atoms with Crippen LogP contribution < -0.4 is 10.6 Å². The lowest BCUT2D eigenvalue weighted by Crippen LogP contribution is -2.33. The average Bonchev–Trinajstić information content (AvgIpc) is 2.61. The Hall–Kier alpha value is -1.30. The zero-order valence-electron chi connectivity index (χ0n) is 14.1. The van der Waals surface area contributed by atoms with Crippen LogP contribution in [0.3, 0.4) is 0 Å². The fourth-order valence-electron chi connectivity index (χ4n) is 2.04. The number of aliphatic imine (C=N–C) groups is 1. The quantitative estimate of drug-likeness (QED) is 0.400. The maximum absolute atomic E-state index is 6.24. The van der Waals surface area contributed by atoms with Crippen LogP contribution in [0.4, 0.5) is 11.4 Å². The molecule has 24 heavy (non-hydrogen) atoms. The van der Waals surface area contributed by atoms with Gasteiger partial charge in [-0.1, -0.05) is 24.6 Å². The number of thioether (sulfide) groups is 2. The molecule has 0 aromatic heterocycles. The van der Waals surface area contributed by atoms with Gasteiger partial charge in [0, 0.05) is 22.5 Å². The molecule has 0 aliphatic rings. The van der Waals surface area contributed by atoms with Crippen molar-refractivity contribution in [2.45, 2.75) is 23.1 Å². The maximum Gasteiger partial charge on any atom is 0.200 e. The van der Waals surface area contributed by atoms with E-state index in [-0.39, 0.29) is 0 Å². The predicted molar refractivity (Wildman–Crippen MR) is 110 cm³/mol. The molecule has 128 valence electrons. The van der Waals surface area contributed by atoms with E-state index in [2.05, 4.69) is 24.0 Å². The Kier molecular flexibility index (Phi) is 7.34. The van der Waals surface area contributed by atoms with Crippen molar-refractivity contribution in [1.82, 2.24) is 0 Å². The summed E-state index contributed by atoms with van der Waals surface area (Å²) in [5, 5.41) is 0.594. The first-order valence-electron chi connectivity index (χ1n) is 7.69. The summed E-state index contributed by atoms with van der Waals surface area (Å²) in [4.78, 5) is 8.71. The van der Waals surface area contributed by atoms with E-state index in [1.165, 1.54) is 4.90 Å². The van der Waals surface area contributed by atoms with Crippen LogP contribution in [0, 0.1) is 0 Å². The summed E-state index contributed by atoms with van der Waals surface area (Å²) in [6, 6.07) is 14.1. The Balaban J connectivity index is 2.24. The number of anilines is 1. The van der Waals surface area contributed by atoms with Crippen molar-refractivity contribution in [3.63, 3.8) is 0 Å². The van der Waals surface area contributed by atoms with Crippen LogP contribution >= 0.6 is 35.1 Å². The van der Waals surface area contributed by atoms with E-state index < -0.39 is 0 Å². The molecule has 0 saturated carbocycles. The highest BCUT2D eigenvalue weighted by molar-refractivity contribution is 7.99. The van der Waals surface area contributed by atoms with Crippen LogP contribution in [0.5, 0.6) is 0 Å². The third kappa shape index (κ3) is 5.10. The summed E-state index contributed by atoms with van der Waals surface area (Å²) in [6.07, 6.45) is 3.17. The van der Waals surface area contributed by atoms with Crippen molar-refractivity contribution in [2.24, 2.45) is 10.7 Å². The third-order valence-corrected chi connectivity index (χ3v) is 5.65. The van der Waals surface area contributed by atoms with Crippen LogP contribution in [0.15, 0.2) is 57.2 Å². The van der Waals surface area contributed by atoms with Gasteiger partial charge in [-0.15, -0.1) is 23.5 Å². The number of nitrogens with zero attached hydrogens (tertiary/aromatic N) is 2. The number of rotatable bonds is 6. The second kappa shape index (κ2) is 9.25. The minimum atomic E-state index is 0.410. The predicted octanol–water partition coefficient (Wildman–Crippen LogP) is 5.65. The first-order valence-corrected chi connectivity index (χ1v) is 10.3. The molecule has 0 atom stereocenters. The van der Waals surface area contributed by atoms with Crippen LogP contribution in [-0.2, 0) is 0 Å². The lowest BCUT2D eigenvalue weighted by Gasteiger charge is -2.19. The molecule has 0 aliphatic heterocycles. The zero-order chi connectivity index (χ0) is 17.5. The lowest BCUT2D eigenvalue weighted by atomic mass is 10.2. The molecule has 2 aromatic rings. The van der Waals surface area contributed by atoms with Crippen molar-refractivity contribution in [2.75, 3.05) is 24.0 Å². The van der Waals surface area contributed by atoms with Gasteiger partial charge in [-0.2, -0.15) is 0 Å². The van der Waals surface area contributed by atoms with Crippen LogP contribution in [-0.4, -0.2) is 25.0 Å². The molecule has 0 radical (unpaired) electrons. The standard InChI is InChI=1S/C18H22ClN3S2/c1-4-10-24-15-7-5-6-13(11-15)22(2)18(20)21-17-12-14(23-3)8-9-16(17)19/h5-9,11-12H,4,10H2,1-3H3,(H2,20,21)/i1-1. The molecule has 2 N–H and O–H groups in total.